The number of rotatable bonds is 5. The molecule has 2 heterocycles. The Bertz CT molecular complexity index is 2920. The van der Waals surface area contributed by atoms with E-state index in [-0.39, 0.29) is 0 Å². The van der Waals surface area contributed by atoms with Crippen LogP contribution in [0.3, 0.4) is 0 Å². The first-order valence-electron chi connectivity index (χ1n) is 17.2. The summed E-state index contributed by atoms with van der Waals surface area (Å²) in [6.07, 6.45) is 0. The molecule has 3 heteroatoms. The molecule has 0 unspecified atom stereocenters. The van der Waals surface area contributed by atoms with Crippen molar-refractivity contribution in [2.45, 2.75) is 0 Å². The topological polar surface area (TPSA) is 38.9 Å². The van der Waals surface area contributed by atoms with Crippen molar-refractivity contribution in [1.29, 1.82) is 0 Å². The minimum atomic E-state index is 0.695. The summed E-state index contributed by atoms with van der Waals surface area (Å²) in [6.45, 7) is 0. The van der Waals surface area contributed by atoms with E-state index in [9.17, 15) is 0 Å². The van der Waals surface area contributed by atoms with Crippen molar-refractivity contribution in [3.63, 3.8) is 0 Å². The fraction of sp³-hybridized carbons (Fsp3) is 0. The zero-order valence-corrected chi connectivity index (χ0v) is 27.6. The molecule has 0 atom stereocenters. The molecule has 10 rings (SSSR count). The molecule has 0 saturated carbocycles. The molecule has 0 aliphatic rings. The smallest absolute Gasteiger partial charge is 0.160 e. The Morgan fingerprint density at radius 1 is 0.294 bits per heavy atom. The molecule has 238 valence electrons. The van der Waals surface area contributed by atoms with Crippen LogP contribution in [0, 0.1) is 0 Å². The van der Waals surface area contributed by atoms with Gasteiger partial charge >= 0.3 is 0 Å². The van der Waals surface area contributed by atoms with Gasteiger partial charge in [-0.2, -0.15) is 0 Å². The molecule has 10 aromatic rings. The quantitative estimate of drug-likeness (QED) is 0.186. The van der Waals surface area contributed by atoms with Crippen molar-refractivity contribution in [3.05, 3.63) is 182 Å². The maximum absolute atomic E-state index is 6.19. The van der Waals surface area contributed by atoms with Crippen molar-refractivity contribution in [2.75, 3.05) is 0 Å². The van der Waals surface area contributed by atoms with Crippen LogP contribution in [0.25, 0.3) is 99.6 Å². The van der Waals surface area contributed by atoms with Gasteiger partial charge in [-0.3, -0.25) is 0 Å². The summed E-state index contributed by atoms with van der Waals surface area (Å²) in [6, 6.07) is 64.1. The summed E-state index contributed by atoms with van der Waals surface area (Å²) in [4.78, 5) is 10.4. The second-order valence-electron chi connectivity index (χ2n) is 13.1. The fourth-order valence-electron chi connectivity index (χ4n) is 7.19. The molecule has 0 aliphatic carbocycles. The fourth-order valence-corrected chi connectivity index (χ4v) is 7.19. The molecular formula is C48H30N2O. The third-order valence-electron chi connectivity index (χ3n) is 9.82. The molecule has 0 amide bonds. The van der Waals surface area contributed by atoms with Gasteiger partial charge < -0.3 is 4.42 Å². The predicted molar refractivity (Wildman–Crippen MR) is 212 cm³/mol. The summed E-state index contributed by atoms with van der Waals surface area (Å²) in [5, 5.41) is 7.03. The number of aromatic nitrogens is 2. The van der Waals surface area contributed by atoms with Crippen molar-refractivity contribution >= 4 is 43.5 Å². The molecule has 8 aromatic carbocycles. The van der Waals surface area contributed by atoms with Gasteiger partial charge in [-0.1, -0.05) is 127 Å². The van der Waals surface area contributed by atoms with Crippen LogP contribution in [0.1, 0.15) is 0 Å². The lowest BCUT2D eigenvalue weighted by Crippen LogP contribution is -1.96. The van der Waals surface area contributed by atoms with Crippen LogP contribution in [0.2, 0.25) is 0 Å². The predicted octanol–water partition coefficient (Wildman–Crippen LogP) is 13.0. The molecule has 0 aliphatic heterocycles. The van der Waals surface area contributed by atoms with Gasteiger partial charge in [-0.15, -0.1) is 0 Å². The Morgan fingerprint density at radius 3 is 1.57 bits per heavy atom. The van der Waals surface area contributed by atoms with Crippen molar-refractivity contribution in [1.82, 2.24) is 9.97 Å². The molecule has 0 saturated heterocycles. The van der Waals surface area contributed by atoms with E-state index in [0.717, 1.165) is 72.3 Å². The first-order valence-corrected chi connectivity index (χ1v) is 17.2. The second-order valence-corrected chi connectivity index (χ2v) is 13.1. The van der Waals surface area contributed by atoms with E-state index in [1.807, 2.05) is 30.3 Å². The van der Waals surface area contributed by atoms with E-state index < -0.39 is 0 Å². The molecule has 3 nitrogen and oxygen atoms in total. The molecule has 0 bridgehead atoms. The SMILES string of the molecule is c1ccc(-c2nc(-c3cc(-c4ccc5ccccc5c4)cc(-c4ccc5oc6ccccc6c5c4)c3)cc(-c3ccc4ccccc4c3)n2)cc1. The van der Waals surface area contributed by atoms with Gasteiger partial charge in [-0.25, -0.2) is 9.97 Å². The molecule has 2 aromatic heterocycles. The summed E-state index contributed by atoms with van der Waals surface area (Å²) < 4.78 is 6.19. The van der Waals surface area contributed by atoms with Crippen LogP contribution in [0.4, 0.5) is 0 Å². The Balaban J connectivity index is 1.20. The number of benzene rings is 8. The minimum absolute atomic E-state index is 0.695. The Morgan fingerprint density at radius 2 is 0.824 bits per heavy atom. The van der Waals surface area contributed by atoms with Crippen molar-refractivity contribution in [3.8, 4) is 56.2 Å². The van der Waals surface area contributed by atoms with Crippen LogP contribution in [-0.4, -0.2) is 9.97 Å². The summed E-state index contributed by atoms with van der Waals surface area (Å²) in [5.74, 6) is 0.695. The van der Waals surface area contributed by atoms with Crippen LogP contribution < -0.4 is 0 Å². The summed E-state index contributed by atoms with van der Waals surface area (Å²) in [7, 11) is 0. The Labute approximate surface area is 295 Å². The normalized spacial score (nSPS) is 11.5. The zero-order chi connectivity index (χ0) is 33.7. The lowest BCUT2D eigenvalue weighted by atomic mass is 9.93. The highest BCUT2D eigenvalue weighted by Crippen LogP contribution is 2.38. The van der Waals surface area contributed by atoms with Crippen molar-refractivity contribution in [2.24, 2.45) is 0 Å². The number of hydrogen-bond acceptors (Lipinski definition) is 3. The molecule has 0 spiro atoms. The maximum atomic E-state index is 6.19. The second kappa shape index (κ2) is 11.9. The van der Waals surface area contributed by atoms with E-state index in [0.29, 0.717) is 5.82 Å². The highest BCUT2D eigenvalue weighted by atomic mass is 16.3. The van der Waals surface area contributed by atoms with Gasteiger partial charge in [0, 0.05) is 27.5 Å². The molecular weight excluding hydrogens is 621 g/mol. The van der Waals surface area contributed by atoms with E-state index >= 15 is 0 Å². The van der Waals surface area contributed by atoms with Crippen LogP contribution in [-0.2, 0) is 0 Å². The third kappa shape index (κ3) is 5.33. The number of furan rings is 1. The van der Waals surface area contributed by atoms with Crippen molar-refractivity contribution < 1.29 is 4.42 Å². The molecule has 0 N–H and O–H groups in total. The Kier molecular flexibility index (Phi) is 6.81. The van der Waals surface area contributed by atoms with E-state index in [2.05, 4.69) is 152 Å². The van der Waals surface area contributed by atoms with Crippen LogP contribution >= 0.6 is 0 Å². The average molecular weight is 651 g/mol. The van der Waals surface area contributed by atoms with Gasteiger partial charge in [0.2, 0.25) is 0 Å². The maximum Gasteiger partial charge on any atom is 0.160 e. The lowest BCUT2D eigenvalue weighted by Gasteiger charge is -2.14. The summed E-state index contributed by atoms with van der Waals surface area (Å²) in [5.41, 5.74) is 11.1. The number of para-hydroxylation sites is 1. The van der Waals surface area contributed by atoms with Gasteiger partial charge in [0.1, 0.15) is 11.2 Å². The van der Waals surface area contributed by atoms with Gasteiger partial charge in [0.25, 0.3) is 0 Å². The standard InChI is InChI=1S/C48H30N2O/c1-2-12-33(13-3-1)48-49-44(38-21-19-32-11-5-7-15-35(32)25-38)30-45(50-48)41-27-39(36-20-18-31-10-4-6-14-34(31)24-36)26-40(28-41)37-22-23-47-43(29-37)42-16-8-9-17-46(42)51-47/h1-30H. The molecule has 0 radical (unpaired) electrons. The van der Waals surface area contributed by atoms with Gasteiger partial charge in [0.15, 0.2) is 5.82 Å². The first kappa shape index (κ1) is 29.1. The highest BCUT2D eigenvalue weighted by Gasteiger charge is 2.15. The van der Waals surface area contributed by atoms with Crippen LogP contribution in [0.15, 0.2) is 186 Å². The largest absolute Gasteiger partial charge is 0.456 e. The number of hydrogen-bond donors (Lipinski definition) is 0. The minimum Gasteiger partial charge on any atom is -0.456 e. The monoisotopic (exact) mass is 650 g/mol. The first-order chi connectivity index (χ1) is 25.2. The summed E-state index contributed by atoms with van der Waals surface area (Å²) >= 11 is 0. The third-order valence-corrected chi connectivity index (χ3v) is 9.82. The van der Waals surface area contributed by atoms with Gasteiger partial charge in [0.05, 0.1) is 11.4 Å². The average Bonchev–Trinajstić information content (AvgIpc) is 3.58. The van der Waals surface area contributed by atoms with E-state index in [1.54, 1.807) is 0 Å². The van der Waals surface area contributed by atoms with E-state index in [1.165, 1.54) is 21.5 Å². The highest BCUT2D eigenvalue weighted by molar-refractivity contribution is 6.06. The number of fused-ring (bicyclic) bond motifs is 5. The lowest BCUT2D eigenvalue weighted by molar-refractivity contribution is 0.669. The Hall–Kier alpha value is -6.84. The molecule has 0 fully saturated rings. The zero-order valence-electron chi connectivity index (χ0n) is 27.6. The number of nitrogens with zero attached hydrogens (tertiary/aromatic N) is 2. The van der Waals surface area contributed by atoms with Gasteiger partial charge in [-0.05, 0) is 98.4 Å². The van der Waals surface area contributed by atoms with Crippen LogP contribution in [0.5, 0.6) is 0 Å². The molecule has 51 heavy (non-hydrogen) atoms. The van der Waals surface area contributed by atoms with E-state index in [4.69, 9.17) is 14.4 Å².